The van der Waals surface area contributed by atoms with Gasteiger partial charge in [-0.1, -0.05) is 30.3 Å². The number of rotatable bonds is 6. The summed E-state index contributed by atoms with van der Waals surface area (Å²) < 4.78 is 6.06. The number of carbonyl (C=O) groups is 2. The largest absolute Gasteiger partial charge is 0.489 e. The number of likely N-dealkylation sites (tertiary alicyclic amines) is 1. The third-order valence-corrected chi connectivity index (χ3v) is 6.86. The van der Waals surface area contributed by atoms with Gasteiger partial charge >= 0.3 is 0 Å². The van der Waals surface area contributed by atoms with Crippen LogP contribution in [0.3, 0.4) is 0 Å². The van der Waals surface area contributed by atoms with Crippen LogP contribution in [0.4, 0.5) is 0 Å². The first-order valence-electron chi connectivity index (χ1n) is 11.3. The van der Waals surface area contributed by atoms with Crippen molar-refractivity contribution < 1.29 is 19.5 Å². The van der Waals surface area contributed by atoms with Gasteiger partial charge in [0.1, 0.15) is 12.4 Å². The third-order valence-electron chi connectivity index (χ3n) is 6.86. The van der Waals surface area contributed by atoms with Crippen LogP contribution in [-0.2, 0) is 21.6 Å². The van der Waals surface area contributed by atoms with Gasteiger partial charge in [0, 0.05) is 29.7 Å². The highest BCUT2D eigenvalue weighted by Gasteiger charge is 2.65. The summed E-state index contributed by atoms with van der Waals surface area (Å²) in [5, 5.41) is 10.2. The van der Waals surface area contributed by atoms with Crippen LogP contribution < -0.4 is 10.2 Å². The van der Waals surface area contributed by atoms with Gasteiger partial charge in [-0.15, -0.1) is 0 Å². The van der Waals surface area contributed by atoms with E-state index in [0.29, 0.717) is 31.9 Å². The van der Waals surface area contributed by atoms with Crippen molar-refractivity contribution in [3.05, 3.63) is 71.4 Å². The SMILES string of the molecule is Cc1cc(COc2ccc([C@]3(C(=O)N4CCCC4)C[C@@H]3C(=O)NO)cc2)c2ccccc2n1. The Morgan fingerprint density at radius 1 is 1.15 bits per heavy atom. The molecule has 0 spiro atoms. The first kappa shape index (κ1) is 21.4. The van der Waals surface area contributed by atoms with Crippen molar-refractivity contribution in [3.63, 3.8) is 0 Å². The maximum atomic E-state index is 13.3. The number of benzene rings is 2. The fourth-order valence-corrected chi connectivity index (χ4v) is 5.06. The Balaban J connectivity index is 1.36. The molecule has 3 aromatic rings. The molecule has 1 aliphatic heterocycles. The molecule has 2 aliphatic rings. The summed E-state index contributed by atoms with van der Waals surface area (Å²) in [5.41, 5.74) is 4.54. The average molecular weight is 446 g/mol. The van der Waals surface area contributed by atoms with E-state index in [1.807, 2.05) is 66.4 Å². The molecule has 33 heavy (non-hydrogen) atoms. The third kappa shape index (κ3) is 3.82. The molecular weight excluding hydrogens is 418 g/mol. The summed E-state index contributed by atoms with van der Waals surface area (Å²) in [6.45, 7) is 3.80. The molecule has 0 radical (unpaired) electrons. The van der Waals surface area contributed by atoms with Gasteiger partial charge in [-0.25, -0.2) is 5.48 Å². The number of ether oxygens (including phenoxy) is 1. The molecule has 2 atom stereocenters. The molecule has 2 aromatic carbocycles. The molecule has 2 heterocycles. The quantitative estimate of drug-likeness (QED) is 0.448. The predicted octanol–water partition coefficient (Wildman–Crippen LogP) is 3.51. The second kappa shape index (κ2) is 8.48. The molecule has 170 valence electrons. The maximum Gasteiger partial charge on any atom is 0.247 e. The number of hydrogen-bond acceptors (Lipinski definition) is 5. The fourth-order valence-electron chi connectivity index (χ4n) is 5.06. The monoisotopic (exact) mass is 445 g/mol. The second-order valence-corrected chi connectivity index (χ2v) is 8.96. The van der Waals surface area contributed by atoms with E-state index < -0.39 is 17.2 Å². The van der Waals surface area contributed by atoms with E-state index in [-0.39, 0.29) is 5.91 Å². The molecule has 0 bridgehead atoms. The minimum absolute atomic E-state index is 0.0269. The van der Waals surface area contributed by atoms with Gasteiger partial charge in [0.25, 0.3) is 0 Å². The zero-order valence-electron chi connectivity index (χ0n) is 18.6. The molecule has 7 heteroatoms. The van der Waals surface area contributed by atoms with Crippen molar-refractivity contribution in [2.45, 2.75) is 38.2 Å². The van der Waals surface area contributed by atoms with Gasteiger partial charge in [-0.05, 0) is 56.0 Å². The van der Waals surface area contributed by atoms with Crippen molar-refractivity contribution in [1.82, 2.24) is 15.4 Å². The Bertz CT molecular complexity index is 1200. The predicted molar refractivity (Wildman–Crippen MR) is 123 cm³/mol. The zero-order chi connectivity index (χ0) is 23.0. The number of fused-ring (bicyclic) bond motifs is 1. The minimum Gasteiger partial charge on any atom is -0.489 e. The maximum absolute atomic E-state index is 13.3. The number of nitrogens with zero attached hydrogens (tertiary/aromatic N) is 2. The summed E-state index contributed by atoms with van der Waals surface area (Å²) in [5.74, 6) is -0.415. The lowest BCUT2D eigenvalue weighted by molar-refractivity contribution is -0.137. The Morgan fingerprint density at radius 2 is 1.88 bits per heavy atom. The molecule has 1 aromatic heterocycles. The number of aryl methyl sites for hydroxylation is 1. The molecular formula is C26H27N3O4. The van der Waals surface area contributed by atoms with E-state index in [2.05, 4.69) is 4.98 Å². The zero-order valence-corrected chi connectivity index (χ0v) is 18.6. The highest BCUT2D eigenvalue weighted by atomic mass is 16.5. The Kier molecular flexibility index (Phi) is 5.50. The summed E-state index contributed by atoms with van der Waals surface area (Å²) in [6.07, 6.45) is 2.36. The smallest absolute Gasteiger partial charge is 0.247 e. The first-order chi connectivity index (χ1) is 16.0. The van der Waals surface area contributed by atoms with Crippen LogP contribution in [0.2, 0.25) is 0 Å². The van der Waals surface area contributed by atoms with Crippen molar-refractivity contribution in [3.8, 4) is 5.75 Å². The topological polar surface area (TPSA) is 91.8 Å². The molecule has 1 saturated heterocycles. The lowest BCUT2D eigenvalue weighted by atomic mass is 9.91. The van der Waals surface area contributed by atoms with E-state index >= 15 is 0 Å². The van der Waals surface area contributed by atoms with Crippen LogP contribution in [0.25, 0.3) is 10.9 Å². The van der Waals surface area contributed by atoms with E-state index in [0.717, 1.165) is 40.6 Å². The Labute approximate surface area is 192 Å². The van der Waals surface area contributed by atoms with Crippen molar-refractivity contribution in [1.29, 1.82) is 0 Å². The molecule has 5 rings (SSSR count). The first-order valence-corrected chi connectivity index (χ1v) is 11.3. The Morgan fingerprint density at radius 3 is 2.61 bits per heavy atom. The number of hydroxylamine groups is 1. The molecule has 7 nitrogen and oxygen atoms in total. The van der Waals surface area contributed by atoms with Crippen LogP contribution in [0, 0.1) is 12.8 Å². The van der Waals surface area contributed by atoms with Crippen LogP contribution in [-0.4, -0.2) is 40.0 Å². The van der Waals surface area contributed by atoms with Gasteiger partial charge in [0.2, 0.25) is 11.8 Å². The van der Waals surface area contributed by atoms with E-state index in [1.54, 1.807) is 5.48 Å². The summed E-state index contributed by atoms with van der Waals surface area (Å²) in [6, 6.07) is 17.4. The van der Waals surface area contributed by atoms with Crippen molar-refractivity contribution >= 4 is 22.7 Å². The van der Waals surface area contributed by atoms with Crippen LogP contribution in [0.15, 0.2) is 54.6 Å². The average Bonchev–Trinajstić information content (AvgIpc) is 3.36. The molecule has 0 unspecified atom stereocenters. The normalized spacial score (nSPS) is 21.8. The molecule has 2 fully saturated rings. The Hall–Kier alpha value is -3.45. The van der Waals surface area contributed by atoms with Gasteiger partial charge in [-0.2, -0.15) is 0 Å². The lowest BCUT2D eigenvalue weighted by Crippen LogP contribution is -2.40. The number of carbonyl (C=O) groups excluding carboxylic acids is 2. The van der Waals surface area contributed by atoms with Crippen LogP contribution in [0.1, 0.15) is 36.1 Å². The molecule has 1 saturated carbocycles. The van der Waals surface area contributed by atoms with Crippen LogP contribution >= 0.6 is 0 Å². The van der Waals surface area contributed by atoms with Crippen LogP contribution in [0.5, 0.6) is 5.75 Å². The number of amides is 2. The molecule has 2 N–H and O–H groups in total. The van der Waals surface area contributed by atoms with Gasteiger partial charge < -0.3 is 9.64 Å². The van der Waals surface area contributed by atoms with Gasteiger partial charge in [0.05, 0.1) is 16.8 Å². The number of para-hydroxylation sites is 1. The highest BCUT2D eigenvalue weighted by molar-refractivity contribution is 6.00. The number of aromatic nitrogens is 1. The van der Waals surface area contributed by atoms with Gasteiger partial charge in [-0.3, -0.25) is 19.8 Å². The summed E-state index contributed by atoms with van der Waals surface area (Å²) in [4.78, 5) is 31.9. The van der Waals surface area contributed by atoms with E-state index in [4.69, 9.17) is 9.94 Å². The molecule has 2 amide bonds. The van der Waals surface area contributed by atoms with Gasteiger partial charge in [0.15, 0.2) is 0 Å². The number of pyridine rings is 1. The number of nitrogens with one attached hydrogen (secondary N) is 1. The van der Waals surface area contributed by atoms with E-state index in [1.165, 1.54) is 0 Å². The highest BCUT2D eigenvalue weighted by Crippen LogP contribution is 2.56. The summed E-state index contributed by atoms with van der Waals surface area (Å²) >= 11 is 0. The van der Waals surface area contributed by atoms with Crippen molar-refractivity contribution in [2.24, 2.45) is 5.92 Å². The lowest BCUT2D eigenvalue weighted by Gasteiger charge is -2.24. The second-order valence-electron chi connectivity index (χ2n) is 8.96. The molecule has 1 aliphatic carbocycles. The fraction of sp³-hybridized carbons (Fsp3) is 0.346. The summed E-state index contributed by atoms with van der Waals surface area (Å²) in [7, 11) is 0. The number of hydrogen-bond donors (Lipinski definition) is 2. The van der Waals surface area contributed by atoms with Crippen molar-refractivity contribution in [2.75, 3.05) is 13.1 Å². The minimum atomic E-state index is -0.909. The van der Waals surface area contributed by atoms with E-state index in [9.17, 15) is 9.59 Å². The standard InChI is InChI=1S/C26H27N3O4/c1-17-14-18(21-6-2-3-7-23(21)27-17)16-33-20-10-8-19(9-11-20)26(15-22(26)24(30)28-32)25(31)29-12-4-5-13-29/h2-3,6-11,14,22,32H,4-5,12-13,15-16H2,1H3,(H,28,30)/t22-,26-/m1/s1.